The fraction of sp³-hybridized carbons (Fsp3) is 0. The number of amides is 2. The molecule has 110 valence electrons. The third kappa shape index (κ3) is 3.00. The number of carbonyl (C=O) groups is 3. The molecule has 22 heavy (non-hydrogen) atoms. The molecule has 0 bridgehead atoms. The summed E-state index contributed by atoms with van der Waals surface area (Å²) >= 11 is 4.62. The Morgan fingerprint density at radius 3 is 2.73 bits per heavy atom. The van der Waals surface area contributed by atoms with Gasteiger partial charge in [-0.2, -0.15) is 0 Å². The maximum atomic E-state index is 11.5. The van der Waals surface area contributed by atoms with Gasteiger partial charge >= 0.3 is 0 Å². The van der Waals surface area contributed by atoms with Crippen molar-refractivity contribution >= 4 is 46.7 Å². The van der Waals surface area contributed by atoms with Gasteiger partial charge < -0.3 is 4.42 Å². The predicted molar refractivity (Wildman–Crippen MR) is 86.6 cm³/mol. The van der Waals surface area contributed by atoms with Crippen LogP contribution in [0.25, 0.3) is 17.4 Å². The Morgan fingerprint density at radius 2 is 2.05 bits per heavy atom. The molecule has 5 nitrogen and oxygen atoms in total. The molecule has 0 unspecified atom stereocenters. The van der Waals surface area contributed by atoms with Crippen molar-refractivity contribution in [1.82, 2.24) is 5.32 Å². The van der Waals surface area contributed by atoms with Crippen molar-refractivity contribution in [3.63, 3.8) is 0 Å². The zero-order valence-electron chi connectivity index (χ0n) is 11.0. The van der Waals surface area contributed by atoms with Crippen LogP contribution in [0.1, 0.15) is 16.1 Å². The smallest absolute Gasteiger partial charge is 0.290 e. The summed E-state index contributed by atoms with van der Waals surface area (Å²) in [7, 11) is 0. The molecule has 1 aliphatic heterocycles. The molecule has 3 rings (SSSR count). The number of thiol groups is 1. The van der Waals surface area contributed by atoms with E-state index in [1.165, 1.54) is 6.08 Å². The number of nitrogens with one attached hydrogen (secondary N) is 1. The Labute approximate surface area is 135 Å². The number of hydrogen-bond acceptors (Lipinski definition) is 5. The maximum absolute atomic E-state index is 11.5. The van der Waals surface area contributed by atoms with Crippen LogP contribution >= 0.6 is 24.4 Å². The maximum Gasteiger partial charge on any atom is 0.290 e. The highest BCUT2D eigenvalue weighted by atomic mass is 32.2. The Bertz CT molecular complexity index is 822. The number of thioether (sulfide) groups is 1. The van der Waals surface area contributed by atoms with Crippen LogP contribution < -0.4 is 5.32 Å². The van der Waals surface area contributed by atoms with E-state index < -0.39 is 11.1 Å². The first-order valence-electron chi connectivity index (χ1n) is 6.21. The molecule has 1 aromatic heterocycles. The zero-order chi connectivity index (χ0) is 15.7. The molecule has 2 aromatic rings. The summed E-state index contributed by atoms with van der Waals surface area (Å²) in [5, 5.41) is 1.45. The summed E-state index contributed by atoms with van der Waals surface area (Å²) in [6, 6.07) is 10.3. The van der Waals surface area contributed by atoms with Gasteiger partial charge in [-0.3, -0.25) is 19.7 Å². The standard InChI is InChI=1S/C15H9NO4S2/c17-13-12(22-15(19)16-13)7-10-4-5-11(20-10)8-2-1-3-9(6-8)14(18)21/h1-7H,(H,18,21)(H,16,17,19)/b12-7-. The highest BCUT2D eigenvalue weighted by Crippen LogP contribution is 2.29. The summed E-state index contributed by atoms with van der Waals surface area (Å²) in [6.07, 6.45) is 1.50. The quantitative estimate of drug-likeness (QED) is 0.666. The Morgan fingerprint density at radius 1 is 1.23 bits per heavy atom. The summed E-state index contributed by atoms with van der Waals surface area (Å²) < 4.78 is 5.63. The van der Waals surface area contributed by atoms with E-state index in [-0.39, 0.29) is 10.0 Å². The van der Waals surface area contributed by atoms with Crippen LogP contribution in [0.4, 0.5) is 4.79 Å². The van der Waals surface area contributed by atoms with Crippen LogP contribution in [0.15, 0.2) is 45.7 Å². The fourth-order valence-corrected chi connectivity index (χ4v) is 2.74. The molecule has 0 spiro atoms. The van der Waals surface area contributed by atoms with Crippen molar-refractivity contribution in [2.24, 2.45) is 0 Å². The van der Waals surface area contributed by atoms with Crippen molar-refractivity contribution in [2.75, 3.05) is 0 Å². The van der Waals surface area contributed by atoms with E-state index in [0.29, 0.717) is 17.1 Å². The number of benzene rings is 1. The molecular weight excluding hydrogens is 322 g/mol. The zero-order valence-corrected chi connectivity index (χ0v) is 12.7. The van der Waals surface area contributed by atoms with E-state index in [9.17, 15) is 14.4 Å². The minimum atomic E-state index is -0.435. The highest BCUT2D eigenvalue weighted by Gasteiger charge is 2.25. The van der Waals surface area contributed by atoms with Gasteiger partial charge in [0.1, 0.15) is 11.5 Å². The molecule has 2 amide bonds. The number of carbonyl (C=O) groups excluding carboxylic acids is 3. The molecule has 0 aliphatic carbocycles. The van der Waals surface area contributed by atoms with Gasteiger partial charge in [0.15, 0.2) is 0 Å². The molecular formula is C15H9NO4S2. The topological polar surface area (TPSA) is 76.4 Å². The predicted octanol–water partition coefficient (Wildman–Crippen LogP) is 3.34. The monoisotopic (exact) mass is 331 g/mol. The van der Waals surface area contributed by atoms with Crippen molar-refractivity contribution in [2.45, 2.75) is 0 Å². The van der Waals surface area contributed by atoms with Crippen LogP contribution in [0.3, 0.4) is 0 Å². The molecule has 1 fully saturated rings. The second-order valence-corrected chi connectivity index (χ2v) is 5.86. The average Bonchev–Trinajstić information content (AvgIpc) is 3.06. The fourth-order valence-electron chi connectivity index (χ4n) is 1.94. The normalized spacial score (nSPS) is 16.1. The minimum Gasteiger partial charge on any atom is -0.457 e. The average molecular weight is 331 g/mol. The van der Waals surface area contributed by atoms with Gasteiger partial charge in [-0.1, -0.05) is 18.2 Å². The van der Waals surface area contributed by atoms with Gasteiger partial charge in [-0.25, -0.2) is 0 Å². The summed E-state index contributed by atoms with van der Waals surface area (Å²) in [4.78, 5) is 34.1. The number of furan rings is 1. The van der Waals surface area contributed by atoms with Crippen molar-refractivity contribution < 1.29 is 18.8 Å². The van der Waals surface area contributed by atoms with Crippen LogP contribution in [0.2, 0.25) is 0 Å². The lowest BCUT2D eigenvalue weighted by Gasteiger charge is -1.99. The second-order valence-electron chi connectivity index (χ2n) is 4.44. The second kappa shape index (κ2) is 5.86. The molecule has 7 heteroatoms. The minimum absolute atomic E-state index is 0.283. The first kappa shape index (κ1) is 14.7. The molecule has 1 aromatic carbocycles. The van der Waals surface area contributed by atoms with E-state index in [1.54, 1.807) is 36.4 Å². The van der Waals surface area contributed by atoms with Crippen LogP contribution in [-0.4, -0.2) is 16.3 Å². The number of rotatable bonds is 3. The summed E-state index contributed by atoms with van der Waals surface area (Å²) in [5.74, 6) is 0.568. The van der Waals surface area contributed by atoms with Gasteiger partial charge in [0.25, 0.3) is 11.1 Å². The first-order valence-corrected chi connectivity index (χ1v) is 7.48. The third-order valence-corrected chi connectivity index (χ3v) is 4.01. The van der Waals surface area contributed by atoms with Gasteiger partial charge in [0, 0.05) is 17.2 Å². The molecule has 0 saturated carbocycles. The molecule has 0 atom stereocenters. The summed E-state index contributed by atoms with van der Waals surface area (Å²) in [5.41, 5.74) is 1.19. The molecule has 2 heterocycles. The Balaban J connectivity index is 1.90. The Hall–Kier alpha value is -2.25. The van der Waals surface area contributed by atoms with Gasteiger partial charge in [-0.15, -0.1) is 12.6 Å². The van der Waals surface area contributed by atoms with Crippen molar-refractivity contribution in [1.29, 1.82) is 0 Å². The van der Waals surface area contributed by atoms with Crippen molar-refractivity contribution in [3.05, 3.63) is 52.6 Å². The van der Waals surface area contributed by atoms with E-state index >= 15 is 0 Å². The van der Waals surface area contributed by atoms with E-state index in [1.807, 2.05) is 0 Å². The van der Waals surface area contributed by atoms with Crippen LogP contribution in [0.5, 0.6) is 0 Å². The first-order chi connectivity index (χ1) is 10.5. The number of hydrogen-bond donors (Lipinski definition) is 2. The molecule has 1 N–H and O–H groups in total. The third-order valence-electron chi connectivity index (χ3n) is 2.94. The van der Waals surface area contributed by atoms with E-state index in [4.69, 9.17) is 4.42 Å². The SMILES string of the molecule is O=C1NC(=O)/C(=C/c2ccc(-c3cccc(C(=O)S)c3)o2)S1. The molecule has 1 aliphatic rings. The lowest BCUT2D eigenvalue weighted by molar-refractivity contribution is -0.115. The summed E-state index contributed by atoms with van der Waals surface area (Å²) in [6.45, 7) is 0. The van der Waals surface area contributed by atoms with Crippen LogP contribution in [0, 0.1) is 0 Å². The van der Waals surface area contributed by atoms with Crippen LogP contribution in [-0.2, 0) is 4.79 Å². The van der Waals surface area contributed by atoms with E-state index in [0.717, 1.165) is 17.3 Å². The molecule has 0 radical (unpaired) electrons. The molecule has 1 saturated heterocycles. The van der Waals surface area contributed by atoms with E-state index in [2.05, 4.69) is 17.9 Å². The Kier molecular flexibility index (Phi) is 3.91. The largest absolute Gasteiger partial charge is 0.457 e. The lowest BCUT2D eigenvalue weighted by atomic mass is 10.1. The highest BCUT2D eigenvalue weighted by molar-refractivity contribution is 8.18. The van der Waals surface area contributed by atoms with Gasteiger partial charge in [0.05, 0.1) is 4.91 Å². The lowest BCUT2D eigenvalue weighted by Crippen LogP contribution is -2.17. The number of imide groups is 1. The van der Waals surface area contributed by atoms with Gasteiger partial charge in [-0.05, 0) is 30.0 Å². The van der Waals surface area contributed by atoms with Gasteiger partial charge in [0.2, 0.25) is 5.12 Å². The van der Waals surface area contributed by atoms with Crippen molar-refractivity contribution in [3.8, 4) is 11.3 Å².